The molecule has 0 heterocycles. The molecule has 0 saturated carbocycles. The minimum absolute atomic E-state index is 0.00885. The molecule has 160 valence electrons. The fourth-order valence-electron chi connectivity index (χ4n) is 3.28. The van der Waals surface area contributed by atoms with E-state index < -0.39 is 17.6 Å². The van der Waals surface area contributed by atoms with Gasteiger partial charge in [0, 0.05) is 18.5 Å². The molecular formula is C25H24FNO4. The Morgan fingerprint density at radius 2 is 1.71 bits per heavy atom. The molecule has 3 aromatic carbocycles. The Bertz CT molecular complexity index is 1040. The van der Waals surface area contributed by atoms with E-state index in [-0.39, 0.29) is 18.2 Å². The maximum absolute atomic E-state index is 14.0. The Hall–Kier alpha value is -3.51. The van der Waals surface area contributed by atoms with E-state index in [0.29, 0.717) is 24.3 Å². The SMILES string of the molecule is CN(CCC(Oc1cccc(C(=O)c2ccccc2F)c1)c1ccccc1)CC(=O)O. The van der Waals surface area contributed by atoms with Crippen LogP contribution in [0.15, 0.2) is 78.9 Å². The lowest BCUT2D eigenvalue weighted by Gasteiger charge is -2.23. The molecule has 5 nitrogen and oxygen atoms in total. The van der Waals surface area contributed by atoms with E-state index in [2.05, 4.69) is 0 Å². The van der Waals surface area contributed by atoms with Gasteiger partial charge in [-0.05, 0) is 36.9 Å². The number of ketones is 1. The molecule has 3 rings (SSSR count). The van der Waals surface area contributed by atoms with E-state index in [0.717, 1.165) is 5.56 Å². The predicted molar refractivity (Wildman–Crippen MR) is 116 cm³/mol. The summed E-state index contributed by atoms with van der Waals surface area (Å²) in [6.45, 7) is 0.452. The van der Waals surface area contributed by atoms with Crippen molar-refractivity contribution >= 4 is 11.8 Å². The van der Waals surface area contributed by atoms with Gasteiger partial charge in [-0.3, -0.25) is 14.5 Å². The Balaban J connectivity index is 1.79. The molecule has 0 aliphatic heterocycles. The first-order valence-electron chi connectivity index (χ1n) is 9.95. The van der Waals surface area contributed by atoms with Crippen LogP contribution < -0.4 is 4.74 Å². The van der Waals surface area contributed by atoms with Crippen LogP contribution in [0.4, 0.5) is 4.39 Å². The molecule has 0 bridgehead atoms. The monoisotopic (exact) mass is 421 g/mol. The minimum Gasteiger partial charge on any atom is -0.486 e. The molecule has 0 saturated heterocycles. The van der Waals surface area contributed by atoms with Gasteiger partial charge < -0.3 is 9.84 Å². The normalized spacial score (nSPS) is 11.8. The number of halogens is 1. The van der Waals surface area contributed by atoms with Gasteiger partial charge in [0.05, 0.1) is 12.1 Å². The maximum atomic E-state index is 14.0. The molecule has 31 heavy (non-hydrogen) atoms. The fraction of sp³-hybridized carbons (Fsp3) is 0.200. The van der Waals surface area contributed by atoms with Crippen molar-refractivity contribution in [2.75, 3.05) is 20.1 Å². The highest BCUT2D eigenvalue weighted by atomic mass is 19.1. The molecule has 6 heteroatoms. The van der Waals surface area contributed by atoms with Crippen molar-refractivity contribution in [2.24, 2.45) is 0 Å². The van der Waals surface area contributed by atoms with Crippen molar-refractivity contribution < 1.29 is 23.8 Å². The molecule has 0 amide bonds. The summed E-state index contributed by atoms with van der Waals surface area (Å²) in [5, 5.41) is 8.97. The summed E-state index contributed by atoms with van der Waals surface area (Å²) in [6, 6.07) is 22.1. The molecule has 1 N–H and O–H groups in total. The van der Waals surface area contributed by atoms with Crippen LogP contribution in [-0.4, -0.2) is 41.9 Å². The van der Waals surface area contributed by atoms with E-state index in [9.17, 15) is 14.0 Å². The highest BCUT2D eigenvalue weighted by Crippen LogP contribution is 2.26. The van der Waals surface area contributed by atoms with E-state index >= 15 is 0 Å². The lowest BCUT2D eigenvalue weighted by Crippen LogP contribution is -2.28. The quantitative estimate of drug-likeness (QED) is 0.485. The summed E-state index contributed by atoms with van der Waals surface area (Å²) >= 11 is 0. The van der Waals surface area contributed by atoms with E-state index in [1.807, 2.05) is 30.3 Å². The molecular weight excluding hydrogens is 397 g/mol. The van der Waals surface area contributed by atoms with Crippen molar-refractivity contribution in [3.05, 3.63) is 101 Å². The number of carbonyl (C=O) groups excluding carboxylic acids is 1. The standard InChI is InChI=1S/C25H24FNO4/c1-27(17-24(28)29)15-14-23(18-8-3-2-4-9-18)31-20-11-7-10-19(16-20)25(30)21-12-5-6-13-22(21)26/h2-13,16,23H,14-15,17H2,1H3,(H,28,29). The number of likely N-dealkylation sites (N-methyl/N-ethyl adjacent to an activating group) is 1. The van der Waals surface area contributed by atoms with Gasteiger partial charge in [0.15, 0.2) is 5.78 Å². The van der Waals surface area contributed by atoms with Crippen molar-refractivity contribution in [3.63, 3.8) is 0 Å². The number of hydrogen-bond donors (Lipinski definition) is 1. The molecule has 1 unspecified atom stereocenters. The third-order valence-electron chi connectivity index (χ3n) is 4.84. The number of nitrogens with zero attached hydrogens (tertiary/aromatic N) is 1. The summed E-state index contributed by atoms with van der Waals surface area (Å²) in [7, 11) is 1.74. The van der Waals surface area contributed by atoms with Crippen molar-refractivity contribution in [2.45, 2.75) is 12.5 Å². The van der Waals surface area contributed by atoms with Crippen LogP contribution >= 0.6 is 0 Å². The van der Waals surface area contributed by atoms with Gasteiger partial charge in [-0.15, -0.1) is 0 Å². The first kappa shape index (κ1) is 22.2. The molecule has 3 aromatic rings. The number of rotatable bonds is 10. The van der Waals surface area contributed by atoms with Gasteiger partial charge >= 0.3 is 5.97 Å². The second kappa shape index (κ2) is 10.5. The Morgan fingerprint density at radius 3 is 2.42 bits per heavy atom. The van der Waals surface area contributed by atoms with E-state index in [1.54, 1.807) is 42.3 Å². The first-order chi connectivity index (χ1) is 14.9. The lowest BCUT2D eigenvalue weighted by molar-refractivity contribution is -0.138. The van der Waals surface area contributed by atoms with Crippen LogP contribution in [0.2, 0.25) is 0 Å². The maximum Gasteiger partial charge on any atom is 0.317 e. The summed E-state index contributed by atoms with van der Waals surface area (Å²) in [5.41, 5.74) is 1.28. The van der Waals surface area contributed by atoms with E-state index in [1.165, 1.54) is 18.2 Å². The predicted octanol–water partition coefficient (Wildman–Crippen LogP) is 4.58. The molecule has 0 fully saturated rings. The smallest absolute Gasteiger partial charge is 0.317 e. The van der Waals surface area contributed by atoms with Crippen LogP contribution in [0.25, 0.3) is 0 Å². The van der Waals surface area contributed by atoms with Crippen LogP contribution in [0.5, 0.6) is 5.75 Å². The average molecular weight is 421 g/mol. The zero-order chi connectivity index (χ0) is 22.2. The van der Waals surface area contributed by atoms with Crippen LogP contribution in [0.3, 0.4) is 0 Å². The van der Waals surface area contributed by atoms with Crippen LogP contribution in [0, 0.1) is 5.82 Å². The van der Waals surface area contributed by atoms with Crippen LogP contribution in [-0.2, 0) is 4.79 Å². The fourth-order valence-corrected chi connectivity index (χ4v) is 3.28. The molecule has 1 atom stereocenters. The number of carboxylic acids is 1. The van der Waals surface area contributed by atoms with Gasteiger partial charge in [0.25, 0.3) is 0 Å². The molecule has 0 radical (unpaired) electrons. The van der Waals surface area contributed by atoms with Crippen molar-refractivity contribution in [1.82, 2.24) is 4.90 Å². The molecule has 0 aromatic heterocycles. The van der Waals surface area contributed by atoms with Crippen molar-refractivity contribution in [3.8, 4) is 5.75 Å². The summed E-state index contributed by atoms with van der Waals surface area (Å²) in [5.74, 6) is -1.39. The summed E-state index contributed by atoms with van der Waals surface area (Å²) in [4.78, 5) is 25.4. The number of hydrogen-bond acceptors (Lipinski definition) is 4. The molecule has 0 aliphatic rings. The van der Waals surface area contributed by atoms with Gasteiger partial charge in [-0.25, -0.2) is 4.39 Å². The van der Waals surface area contributed by atoms with Crippen molar-refractivity contribution in [1.29, 1.82) is 0 Å². The topological polar surface area (TPSA) is 66.8 Å². The Labute approximate surface area is 180 Å². The number of ether oxygens (including phenoxy) is 1. The Morgan fingerprint density at radius 1 is 1.00 bits per heavy atom. The molecule has 0 spiro atoms. The van der Waals surface area contributed by atoms with Gasteiger partial charge in [0.1, 0.15) is 17.7 Å². The number of carboxylic acid groups (broad SMARTS) is 1. The third-order valence-corrected chi connectivity index (χ3v) is 4.84. The summed E-state index contributed by atoms with van der Waals surface area (Å²) in [6.07, 6.45) is 0.218. The average Bonchev–Trinajstić information content (AvgIpc) is 2.77. The van der Waals surface area contributed by atoms with Gasteiger partial charge in [-0.2, -0.15) is 0 Å². The van der Waals surface area contributed by atoms with Gasteiger partial charge in [0.2, 0.25) is 0 Å². The zero-order valence-electron chi connectivity index (χ0n) is 17.2. The highest BCUT2D eigenvalue weighted by molar-refractivity contribution is 6.09. The number of carbonyl (C=O) groups is 2. The zero-order valence-corrected chi connectivity index (χ0v) is 17.2. The van der Waals surface area contributed by atoms with Crippen LogP contribution in [0.1, 0.15) is 34.0 Å². The summed E-state index contributed by atoms with van der Waals surface area (Å²) < 4.78 is 20.2. The largest absolute Gasteiger partial charge is 0.486 e. The number of benzene rings is 3. The minimum atomic E-state index is -0.890. The second-order valence-electron chi connectivity index (χ2n) is 7.27. The highest BCUT2D eigenvalue weighted by Gasteiger charge is 2.18. The van der Waals surface area contributed by atoms with E-state index in [4.69, 9.17) is 9.84 Å². The van der Waals surface area contributed by atoms with Gasteiger partial charge in [-0.1, -0.05) is 54.6 Å². The molecule has 0 aliphatic carbocycles. The second-order valence-corrected chi connectivity index (χ2v) is 7.27. The lowest BCUT2D eigenvalue weighted by atomic mass is 10.0. The first-order valence-corrected chi connectivity index (χ1v) is 9.95. The Kier molecular flexibility index (Phi) is 7.51. The number of aliphatic carboxylic acids is 1. The third kappa shape index (κ3) is 6.23.